The molecule has 0 saturated carbocycles. The second kappa shape index (κ2) is 5.48. The first-order chi connectivity index (χ1) is 8.66. The normalized spacial score (nSPS) is 10.8. The number of rotatable bonds is 5. The fraction of sp³-hybridized carbons (Fsp3) is 0.417. The molecule has 0 aromatic carbocycles. The first-order valence-electron chi connectivity index (χ1n) is 5.86. The Morgan fingerprint density at radius 1 is 1.44 bits per heavy atom. The van der Waals surface area contributed by atoms with E-state index in [1.807, 2.05) is 32.0 Å². The Kier molecular flexibility index (Phi) is 3.76. The molecule has 2 aromatic rings. The molecule has 0 aliphatic carbocycles. The Morgan fingerprint density at radius 2 is 2.28 bits per heavy atom. The molecule has 1 amide bonds. The number of amides is 1. The lowest BCUT2D eigenvalue weighted by molar-refractivity contribution is -0.123. The largest absolute Gasteiger partial charge is 0.453 e. The van der Waals surface area contributed by atoms with Gasteiger partial charge >= 0.3 is 6.01 Å². The van der Waals surface area contributed by atoms with Gasteiger partial charge in [-0.15, -0.1) is 5.10 Å². The minimum absolute atomic E-state index is 0.0532. The van der Waals surface area contributed by atoms with E-state index in [1.54, 1.807) is 10.6 Å². The molecule has 0 radical (unpaired) electrons. The summed E-state index contributed by atoms with van der Waals surface area (Å²) in [5.41, 5.74) is 0.690. The van der Waals surface area contributed by atoms with Crippen molar-refractivity contribution in [2.75, 3.05) is 13.2 Å². The van der Waals surface area contributed by atoms with E-state index in [4.69, 9.17) is 4.74 Å². The number of hydrogen-bond donors (Lipinski definition) is 1. The molecule has 0 saturated heterocycles. The molecule has 18 heavy (non-hydrogen) atoms. The lowest BCUT2D eigenvalue weighted by Gasteiger charge is -2.07. The maximum atomic E-state index is 11.5. The zero-order chi connectivity index (χ0) is 13.0. The standard InChI is InChI=1S/C12H16N4O2/c1-9(2)7-13-11(17)8-18-12-15-14-10-5-3-4-6-16(10)12/h3-6,9H,7-8H2,1-2H3,(H,13,17). The number of carbonyl (C=O) groups is 1. The van der Waals surface area contributed by atoms with Gasteiger partial charge in [-0.05, 0) is 18.1 Å². The highest BCUT2D eigenvalue weighted by molar-refractivity contribution is 5.77. The number of carbonyl (C=O) groups excluding carboxylic acids is 1. The fourth-order valence-corrected chi connectivity index (χ4v) is 1.42. The number of ether oxygens (including phenoxy) is 1. The predicted molar refractivity (Wildman–Crippen MR) is 66.3 cm³/mol. The predicted octanol–water partition coefficient (Wildman–Crippen LogP) is 0.880. The number of nitrogens with one attached hydrogen (secondary N) is 1. The average Bonchev–Trinajstić information content (AvgIpc) is 2.77. The van der Waals surface area contributed by atoms with Gasteiger partial charge in [0.25, 0.3) is 5.91 Å². The summed E-state index contributed by atoms with van der Waals surface area (Å²) >= 11 is 0. The molecule has 0 aliphatic rings. The van der Waals surface area contributed by atoms with Gasteiger partial charge in [-0.25, -0.2) is 0 Å². The fourth-order valence-electron chi connectivity index (χ4n) is 1.42. The van der Waals surface area contributed by atoms with Crippen molar-refractivity contribution in [3.05, 3.63) is 24.4 Å². The summed E-state index contributed by atoms with van der Waals surface area (Å²) in [5.74, 6) is 0.263. The number of fused-ring (bicyclic) bond motifs is 1. The molecular weight excluding hydrogens is 232 g/mol. The van der Waals surface area contributed by atoms with Crippen LogP contribution in [0.3, 0.4) is 0 Å². The van der Waals surface area contributed by atoms with Crippen molar-refractivity contribution in [3.8, 4) is 6.01 Å². The van der Waals surface area contributed by atoms with Crippen molar-refractivity contribution in [1.82, 2.24) is 19.9 Å². The molecule has 1 N–H and O–H groups in total. The summed E-state index contributed by atoms with van der Waals surface area (Å²) in [7, 11) is 0. The lowest BCUT2D eigenvalue weighted by atomic mass is 10.2. The van der Waals surface area contributed by atoms with Crippen molar-refractivity contribution >= 4 is 11.6 Å². The van der Waals surface area contributed by atoms with Crippen LogP contribution in [0.2, 0.25) is 0 Å². The highest BCUT2D eigenvalue weighted by Crippen LogP contribution is 2.09. The van der Waals surface area contributed by atoms with Gasteiger partial charge in [-0.3, -0.25) is 9.20 Å². The van der Waals surface area contributed by atoms with Crippen LogP contribution in [-0.2, 0) is 4.79 Å². The summed E-state index contributed by atoms with van der Waals surface area (Å²) in [5, 5.41) is 10.6. The first kappa shape index (κ1) is 12.3. The highest BCUT2D eigenvalue weighted by Gasteiger charge is 2.08. The smallest absolute Gasteiger partial charge is 0.322 e. The first-order valence-corrected chi connectivity index (χ1v) is 5.86. The van der Waals surface area contributed by atoms with E-state index in [0.29, 0.717) is 24.1 Å². The van der Waals surface area contributed by atoms with E-state index in [-0.39, 0.29) is 12.5 Å². The van der Waals surface area contributed by atoms with Crippen molar-refractivity contribution in [2.24, 2.45) is 5.92 Å². The number of aromatic nitrogens is 3. The van der Waals surface area contributed by atoms with Gasteiger partial charge in [0.15, 0.2) is 12.3 Å². The van der Waals surface area contributed by atoms with Crippen molar-refractivity contribution in [3.63, 3.8) is 0 Å². The molecule has 0 atom stereocenters. The molecule has 0 unspecified atom stereocenters. The Morgan fingerprint density at radius 3 is 3.06 bits per heavy atom. The molecule has 2 heterocycles. The van der Waals surface area contributed by atoms with Crippen LogP contribution in [0.4, 0.5) is 0 Å². The molecule has 6 nitrogen and oxygen atoms in total. The SMILES string of the molecule is CC(C)CNC(=O)COc1nnc2ccccn12. The molecule has 0 spiro atoms. The monoisotopic (exact) mass is 248 g/mol. The Balaban J connectivity index is 1.92. The van der Waals surface area contributed by atoms with E-state index >= 15 is 0 Å². The number of nitrogens with zero attached hydrogens (tertiary/aromatic N) is 3. The molecule has 0 bridgehead atoms. The van der Waals surface area contributed by atoms with E-state index in [1.165, 1.54) is 0 Å². The van der Waals surface area contributed by atoms with E-state index in [0.717, 1.165) is 0 Å². The van der Waals surface area contributed by atoms with E-state index in [9.17, 15) is 4.79 Å². The van der Waals surface area contributed by atoms with Crippen LogP contribution in [0.1, 0.15) is 13.8 Å². The molecule has 0 fully saturated rings. The molecule has 6 heteroatoms. The highest BCUT2D eigenvalue weighted by atomic mass is 16.5. The Bertz CT molecular complexity index is 536. The third-order valence-corrected chi connectivity index (χ3v) is 2.32. The van der Waals surface area contributed by atoms with Crippen LogP contribution in [0, 0.1) is 5.92 Å². The van der Waals surface area contributed by atoms with Gasteiger partial charge in [0, 0.05) is 12.7 Å². The molecule has 0 aliphatic heterocycles. The van der Waals surface area contributed by atoms with Gasteiger partial charge in [-0.1, -0.05) is 25.0 Å². The second-order valence-corrected chi connectivity index (χ2v) is 4.40. The quantitative estimate of drug-likeness (QED) is 0.853. The maximum absolute atomic E-state index is 11.5. The summed E-state index contributed by atoms with van der Waals surface area (Å²) in [4.78, 5) is 11.5. The summed E-state index contributed by atoms with van der Waals surface area (Å²) < 4.78 is 7.02. The van der Waals surface area contributed by atoms with Crippen LogP contribution in [0.15, 0.2) is 24.4 Å². The number of pyridine rings is 1. The summed E-state index contributed by atoms with van der Waals surface area (Å²) in [6, 6.07) is 5.86. The van der Waals surface area contributed by atoms with Gasteiger partial charge in [0.1, 0.15) is 0 Å². The van der Waals surface area contributed by atoms with E-state index in [2.05, 4.69) is 15.5 Å². The Hall–Kier alpha value is -2.11. The molecule has 2 rings (SSSR count). The minimum atomic E-state index is -0.156. The summed E-state index contributed by atoms with van der Waals surface area (Å²) in [6.07, 6.45) is 1.79. The van der Waals surface area contributed by atoms with E-state index < -0.39 is 0 Å². The average molecular weight is 248 g/mol. The van der Waals surface area contributed by atoms with Crippen molar-refractivity contribution in [1.29, 1.82) is 0 Å². The molecule has 96 valence electrons. The van der Waals surface area contributed by atoms with Crippen molar-refractivity contribution in [2.45, 2.75) is 13.8 Å². The zero-order valence-corrected chi connectivity index (χ0v) is 10.5. The third kappa shape index (κ3) is 2.97. The maximum Gasteiger partial charge on any atom is 0.322 e. The topological polar surface area (TPSA) is 68.5 Å². The third-order valence-electron chi connectivity index (χ3n) is 2.32. The Labute approximate surface area is 105 Å². The van der Waals surface area contributed by atoms with Crippen LogP contribution in [0.5, 0.6) is 6.01 Å². The van der Waals surface area contributed by atoms with Crippen LogP contribution in [-0.4, -0.2) is 33.7 Å². The zero-order valence-electron chi connectivity index (χ0n) is 10.5. The number of hydrogen-bond acceptors (Lipinski definition) is 4. The van der Waals surface area contributed by atoms with Gasteiger partial charge < -0.3 is 10.1 Å². The minimum Gasteiger partial charge on any atom is -0.453 e. The lowest BCUT2D eigenvalue weighted by Crippen LogP contribution is -2.32. The molecular formula is C12H16N4O2. The van der Waals surface area contributed by atoms with Crippen molar-refractivity contribution < 1.29 is 9.53 Å². The molecule has 2 aromatic heterocycles. The van der Waals surface area contributed by atoms with Crippen LogP contribution < -0.4 is 10.1 Å². The van der Waals surface area contributed by atoms with Gasteiger partial charge in [-0.2, -0.15) is 0 Å². The van der Waals surface area contributed by atoms with Gasteiger partial charge in [0.05, 0.1) is 0 Å². The van der Waals surface area contributed by atoms with Crippen LogP contribution in [0.25, 0.3) is 5.65 Å². The van der Waals surface area contributed by atoms with Crippen LogP contribution >= 0.6 is 0 Å². The second-order valence-electron chi connectivity index (χ2n) is 4.40. The van der Waals surface area contributed by atoms with Gasteiger partial charge in [0.2, 0.25) is 0 Å². The summed E-state index contributed by atoms with van der Waals surface area (Å²) in [6.45, 7) is 4.66.